The first kappa shape index (κ1) is 13.5. The van der Waals surface area contributed by atoms with Gasteiger partial charge in [0.15, 0.2) is 5.69 Å². The molecule has 6 nitrogen and oxygen atoms in total. The molecule has 0 saturated carbocycles. The molecule has 1 aromatic rings. The Hall–Kier alpha value is -1.56. The van der Waals surface area contributed by atoms with Crippen molar-refractivity contribution in [3.63, 3.8) is 0 Å². The van der Waals surface area contributed by atoms with E-state index in [0.29, 0.717) is 17.9 Å². The molecular weight excluding hydrogens is 246 g/mol. The molecule has 0 radical (unpaired) electrons. The number of carboxylic acids is 1. The first-order valence-corrected chi connectivity index (χ1v) is 5.05. The van der Waals surface area contributed by atoms with Crippen molar-refractivity contribution in [2.24, 2.45) is 5.10 Å². The summed E-state index contributed by atoms with van der Waals surface area (Å²) < 4.78 is 4.89. The van der Waals surface area contributed by atoms with E-state index < -0.39 is 5.97 Å². The van der Waals surface area contributed by atoms with Gasteiger partial charge in [0.25, 0.3) is 0 Å². The second kappa shape index (κ2) is 5.18. The highest BCUT2D eigenvalue weighted by Crippen LogP contribution is 2.18. The highest BCUT2D eigenvalue weighted by atomic mass is 35.5. The van der Waals surface area contributed by atoms with E-state index in [1.54, 1.807) is 6.92 Å². The zero-order valence-electron chi connectivity index (χ0n) is 9.63. The number of hydrazone groups is 1. The highest BCUT2D eigenvalue weighted by Gasteiger charge is 2.22. The summed E-state index contributed by atoms with van der Waals surface area (Å²) in [6.07, 6.45) is 0.923. The fourth-order valence-electron chi connectivity index (χ4n) is 1.67. The molecule has 1 aliphatic heterocycles. The summed E-state index contributed by atoms with van der Waals surface area (Å²) >= 11 is 0. The van der Waals surface area contributed by atoms with Crippen molar-refractivity contribution in [1.29, 1.82) is 0 Å². The Morgan fingerprint density at radius 1 is 1.53 bits per heavy atom. The van der Waals surface area contributed by atoms with Crippen molar-refractivity contribution in [1.82, 2.24) is 10.2 Å². The van der Waals surface area contributed by atoms with Gasteiger partial charge in [-0.2, -0.15) is 5.10 Å². The Balaban J connectivity index is 0.00000144. The van der Waals surface area contributed by atoms with E-state index in [1.807, 2.05) is 11.9 Å². The molecule has 0 fully saturated rings. The fourth-order valence-corrected chi connectivity index (χ4v) is 1.67. The number of aromatic carboxylic acids is 1. The molecule has 94 valence electrons. The quantitative estimate of drug-likeness (QED) is 0.893. The van der Waals surface area contributed by atoms with Gasteiger partial charge in [0.05, 0.1) is 12.1 Å². The van der Waals surface area contributed by atoms with Crippen molar-refractivity contribution >= 4 is 24.1 Å². The van der Waals surface area contributed by atoms with Crippen molar-refractivity contribution in [2.75, 3.05) is 6.54 Å². The van der Waals surface area contributed by atoms with Crippen LogP contribution in [0.4, 0.5) is 0 Å². The van der Waals surface area contributed by atoms with Crippen LogP contribution in [-0.2, 0) is 6.54 Å². The molecule has 0 aromatic carbocycles. The van der Waals surface area contributed by atoms with Crippen LogP contribution in [-0.4, -0.2) is 33.5 Å². The van der Waals surface area contributed by atoms with E-state index in [1.165, 1.54) is 0 Å². The third-order valence-electron chi connectivity index (χ3n) is 2.57. The van der Waals surface area contributed by atoms with E-state index >= 15 is 0 Å². The molecule has 1 aromatic heterocycles. The second-order valence-corrected chi connectivity index (χ2v) is 3.84. The number of halogens is 1. The molecule has 0 bridgehead atoms. The lowest BCUT2D eigenvalue weighted by molar-refractivity contribution is 0.0683. The Bertz CT molecular complexity index is 456. The number of nitrogens with zero attached hydrogens (tertiary/aromatic N) is 3. The number of carbonyl (C=O) groups is 1. The van der Waals surface area contributed by atoms with Gasteiger partial charge in [-0.25, -0.2) is 4.79 Å². The lowest BCUT2D eigenvalue weighted by atomic mass is 10.2. The largest absolute Gasteiger partial charge is 0.476 e. The maximum atomic E-state index is 10.9. The number of hydrogen-bond acceptors (Lipinski definition) is 5. The van der Waals surface area contributed by atoms with E-state index in [4.69, 9.17) is 9.63 Å². The van der Waals surface area contributed by atoms with E-state index in [2.05, 4.69) is 10.3 Å². The van der Waals surface area contributed by atoms with Crippen LogP contribution in [0.3, 0.4) is 0 Å². The van der Waals surface area contributed by atoms with E-state index in [9.17, 15) is 4.79 Å². The molecule has 2 heterocycles. The molecule has 1 aliphatic rings. The molecule has 7 heteroatoms. The number of carboxylic acid groups (broad SMARTS) is 1. The summed E-state index contributed by atoms with van der Waals surface area (Å²) in [6.45, 7) is 4.92. The van der Waals surface area contributed by atoms with Crippen molar-refractivity contribution in [3.8, 4) is 0 Å². The molecule has 0 atom stereocenters. The van der Waals surface area contributed by atoms with Crippen LogP contribution in [0.5, 0.6) is 0 Å². The lowest BCUT2D eigenvalue weighted by Crippen LogP contribution is -2.16. The van der Waals surface area contributed by atoms with Gasteiger partial charge in [0.1, 0.15) is 5.76 Å². The topological polar surface area (TPSA) is 78.9 Å². The molecule has 0 saturated heterocycles. The van der Waals surface area contributed by atoms with Gasteiger partial charge in [0, 0.05) is 18.7 Å². The molecule has 0 aliphatic carbocycles. The van der Waals surface area contributed by atoms with Crippen molar-refractivity contribution < 1.29 is 14.4 Å². The summed E-state index contributed by atoms with van der Waals surface area (Å²) in [5.74, 6) is -0.524. The zero-order valence-corrected chi connectivity index (χ0v) is 10.5. The summed E-state index contributed by atoms with van der Waals surface area (Å²) in [4.78, 5) is 10.9. The average molecular weight is 260 g/mol. The third-order valence-corrected chi connectivity index (χ3v) is 2.57. The first-order chi connectivity index (χ1) is 7.58. The van der Waals surface area contributed by atoms with Gasteiger partial charge in [-0.15, -0.1) is 12.4 Å². The van der Waals surface area contributed by atoms with Gasteiger partial charge in [-0.1, -0.05) is 5.16 Å². The Labute approximate surface area is 105 Å². The predicted molar refractivity (Wildman–Crippen MR) is 63.6 cm³/mol. The highest BCUT2D eigenvalue weighted by molar-refractivity contribution is 5.87. The van der Waals surface area contributed by atoms with E-state index in [0.717, 1.165) is 18.7 Å². The summed E-state index contributed by atoms with van der Waals surface area (Å²) in [6, 6.07) is 0. The minimum absolute atomic E-state index is 0. The zero-order chi connectivity index (χ0) is 11.7. The maximum absolute atomic E-state index is 10.9. The third kappa shape index (κ3) is 2.76. The van der Waals surface area contributed by atoms with Gasteiger partial charge in [-0.3, -0.25) is 5.01 Å². The first-order valence-electron chi connectivity index (χ1n) is 5.05. The van der Waals surface area contributed by atoms with Crippen LogP contribution in [0.2, 0.25) is 0 Å². The number of aromatic nitrogens is 1. The normalized spacial score (nSPS) is 14.5. The molecule has 0 unspecified atom stereocenters. The molecule has 17 heavy (non-hydrogen) atoms. The lowest BCUT2D eigenvalue weighted by Gasteiger charge is -2.12. The molecule has 2 rings (SSSR count). The fraction of sp³-hybridized carbons (Fsp3) is 0.500. The van der Waals surface area contributed by atoms with Crippen LogP contribution in [0, 0.1) is 6.92 Å². The van der Waals surface area contributed by atoms with Gasteiger partial charge >= 0.3 is 5.97 Å². The monoisotopic (exact) mass is 259 g/mol. The van der Waals surface area contributed by atoms with Gasteiger partial charge in [-0.05, 0) is 13.8 Å². The molecule has 1 N–H and O–H groups in total. The smallest absolute Gasteiger partial charge is 0.358 e. The summed E-state index contributed by atoms with van der Waals surface area (Å²) in [5.41, 5.74) is 1.65. The van der Waals surface area contributed by atoms with Gasteiger partial charge in [0.2, 0.25) is 0 Å². The SMILES string of the molecule is CC1=NN(Cc2c(C(=O)O)noc2C)CC1.Cl. The van der Waals surface area contributed by atoms with Crippen LogP contribution in [0.1, 0.15) is 35.2 Å². The van der Waals surface area contributed by atoms with Crippen molar-refractivity contribution in [3.05, 3.63) is 17.0 Å². The number of hydrogen-bond donors (Lipinski definition) is 1. The van der Waals surface area contributed by atoms with Crippen LogP contribution in [0.25, 0.3) is 0 Å². The summed E-state index contributed by atoms with van der Waals surface area (Å²) in [5, 5.41) is 18.6. The molecule has 0 spiro atoms. The standard InChI is InChI=1S/C10H13N3O3.ClH/c1-6-3-4-13(11-6)5-8-7(2)16-12-9(8)10(14)15;/h3-5H2,1-2H3,(H,14,15);1H. The van der Waals surface area contributed by atoms with E-state index in [-0.39, 0.29) is 18.1 Å². The average Bonchev–Trinajstić information content (AvgIpc) is 2.76. The summed E-state index contributed by atoms with van der Waals surface area (Å²) in [7, 11) is 0. The second-order valence-electron chi connectivity index (χ2n) is 3.84. The Kier molecular flexibility index (Phi) is 4.11. The maximum Gasteiger partial charge on any atom is 0.358 e. The van der Waals surface area contributed by atoms with Gasteiger partial charge < -0.3 is 9.63 Å². The minimum atomic E-state index is -1.06. The molecule has 0 amide bonds. The molecular formula is C10H14ClN3O3. The number of rotatable bonds is 3. The van der Waals surface area contributed by atoms with Crippen LogP contribution in [0.15, 0.2) is 9.62 Å². The van der Waals surface area contributed by atoms with Crippen LogP contribution >= 0.6 is 12.4 Å². The van der Waals surface area contributed by atoms with Crippen LogP contribution < -0.4 is 0 Å². The van der Waals surface area contributed by atoms with Crippen molar-refractivity contribution in [2.45, 2.75) is 26.8 Å². The Morgan fingerprint density at radius 2 is 2.24 bits per heavy atom. The Morgan fingerprint density at radius 3 is 2.76 bits per heavy atom. The minimum Gasteiger partial charge on any atom is -0.476 e. The number of aryl methyl sites for hydroxylation is 1. The predicted octanol–water partition coefficient (Wildman–Crippen LogP) is 1.68.